The molecule has 24 heavy (non-hydrogen) atoms. The molecule has 1 aromatic heterocycles. The van der Waals surface area contributed by atoms with Crippen molar-refractivity contribution < 1.29 is 19.1 Å². The average Bonchev–Trinajstić information content (AvgIpc) is 2.61. The molecule has 1 heterocycles. The molecule has 1 atom stereocenters. The van der Waals surface area contributed by atoms with E-state index in [1.54, 1.807) is 38.2 Å². The van der Waals surface area contributed by atoms with Crippen LogP contribution in [0.4, 0.5) is 5.69 Å². The first-order valence-corrected chi connectivity index (χ1v) is 7.66. The van der Waals surface area contributed by atoms with E-state index in [-0.39, 0.29) is 17.4 Å². The second-order valence-corrected chi connectivity index (χ2v) is 5.07. The Morgan fingerprint density at radius 2 is 1.88 bits per heavy atom. The van der Waals surface area contributed by atoms with Crippen LogP contribution in [-0.4, -0.2) is 36.6 Å². The van der Waals surface area contributed by atoms with Gasteiger partial charge in [0.15, 0.2) is 6.10 Å². The molecule has 0 unspecified atom stereocenters. The standard InChI is InChI=1S/C18H20N2O4/c1-4-23-16-15(11-8-12-19-16)18(22)24-13(2)17(21)20(3)14-9-6-5-7-10-14/h5-13H,4H2,1-3H3/t13-/m0/s1. The van der Waals surface area contributed by atoms with Crippen molar-refractivity contribution in [2.75, 3.05) is 18.6 Å². The van der Waals surface area contributed by atoms with Crippen molar-refractivity contribution in [3.05, 3.63) is 54.2 Å². The van der Waals surface area contributed by atoms with Gasteiger partial charge in [0.05, 0.1) is 6.61 Å². The van der Waals surface area contributed by atoms with Gasteiger partial charge in [-0.1, -0.05) is 18.2 Å². The molecule has 1 amide bonds. The molecule has 0 N–H and O–H groups in total. The maximum absolute atomic E-state index is 12.4. The summed E-state index contributed by atoms with van der Waals surface area (Å²) in [6.45, 7) is 3.71. The lowest BCUT2D eigenvalue weighted by molar-refractivity contribution is -0.126. The lowest BCUT2D eigenvalue weighted by atomic mass is 10.2. The summed E-state index contributed by atoms with van der Waals surface area (Å²) in [6, 6.07) is 12.3. The second-order valence-electron chi connectivity index (χ2n) is 5.07. The number of carbonyl (C=O) groups excluding carboxylic acids is 2. The van der Waals surface area contributed by atoms with Crippen LogP contribution in [0, 0.1) is 0 Å². The van der Waals surface area contributed by atoms with Gasteiger partial charge in [0, 0.05) is 18.9 Å². The van der Waals surface area contributed by atoms with E-state index in [4.69, 9.17) is 9.47 Å². The SMILES string of the molecule is CCOc1ncccc1C(=O)O[C@@H](C)C(=O)N(C)c1ccccc1. The number of aromatic nitrogens is 1. The molecule has 1 aromatic carbocycles. The van der Waals surface area contributed by atoms with Gasteiger partial charge in [-0.25, -0.2) is 9.78 Å². The zero-order valence-corrected chi connectivity index (χ0v) is 13.9. The maximum Gasteiger partial charge on any atom is 0.344 e. The first kappa shape index (κ1) is 17.5. The molecule has 0 radical (unpaired) electrons. The second kappa shape index (κ2) is 8.10. The minimum absolute atomic E-state index is 0.195. The number of amides is 1. The smallest absolute Gasteiger partial charge is 0.344 e. The Hall–Kier alpha value is -2.89. The molecular formula is C18H20N2O4. The predicted octanol–water partition coefficient (Wildman–Crippen LogP) is 2.69. The molecule has 6 heteroatoms. The van der Waals surface area contributed by atoms with Crippen LogP contribution in [0.3, 0.4) is 0 Å². The number of hydrogen-bond donors (Lipinski definition) is 0. The first-order chi connectivity index (χ1) is 11.5. The Labute approximate surface area is 141 Å². The molecule has 126 valence electrons. The van der Waals surface area contributed by atoms with Gasteiger partial charge in [-0.3, -0.25) is 4.79 Å². The van der Waals surface area contributed by atoms with E-state index in [0.717, 1.165) is 5.69 Å². The molecule has 0 aliphatic heterocycles. The molecule has 0 aliphatic rings. The number of carbonyl (C=O) groups is 2. The molecular weight excluding hydrogens is 308 g/mol. The zero-order valence-electron chi connectivity index (χ0n) is 13.9. The van der Waals surface area contributed by atoms with Crippen molar-refractivity contribution in [3.63, 3.8) is 0 Å². The number of nitrogens with zero attached hydrogens (tertiary/aromatic N) is 2. The van der Waals surface area contributed by atoms with Crippen molar-refractivity contribution in [1.82, 2.24) is 4.98 Å². The average molecular weight is 328 g/mol. The number of anilines is 1. The summed E-state index contributed by atoms with van der Waals surface area (Å²) in [5.41, 5.74) is 0.920. The van der Waals surface area contributed by atoms with E-state index in [9.17, 15) is 9.59 Å². The number of likely N-dealkylation sites (N-methyl/N-ethyl adjacent to an activating group) is 1. The Morgan fingerprint density at radius 1 is 1.17 bits per heavy atom. The summed E-state index contributed by atoms with van der Waals surface area (Å²) in [7, 11) is 1.64. The number of para-hydroxylation sites is 1. The maximum atomic E-state index is 12.4. The molecule has 0 bridgehead atoms. The summed E-state index contributed by atoms with van der Waals surface area (Å²) >= 11 is 0. The Kier molecular flexibility index (Phi) is 5.89. The van der Waals surface area contributed by atoms with Gasteiger partial charge in [0.1, 0.15) is 5.56 Å². The molecule has 0 saturated carbocycles. The van der Waals surface area contributed by atoms with Crippen molar-refractivity contribution >= 4 is 17.6 Å². The van der Waals surface area contributed by atoms with E-state index in [2.05, 4.69) is 4.98 Å². The molecule has 0 fully saturated rings. The number of benzene rings is 1. The summed E-state index contributed by atoms with van der Waals surface area (Å²) < 4.78 is 10.6. The van der Waals surface area contributed by atoms with E-state index < -0.39 is 12.1 Å². The minimum Gasteiger partial charge on any atom is -0.477 e. The number of ether oxygens (including phenoxy) is 2. The van der Waals surface area contributed by atoms with Crippen molar-refractivity contribution in [1.29, 1.82) is 0 Å². The van der Waals surface area contributed by atoms with Crippen molar-refractivity contribution in [2.45, 2.75) is 20.0 Å². The van der Waals surface area contributed by atoms with Gasteiger partial charge < -0.3 is 14.4 Å². The quantitative estimate of drug-likeness (QED) is 0.763. The highest BCUT2D eigenvalue weighted by Gasteiger charge is 2.24. The van der Waals surface area contributed by atoms with Crippen LogP contribution in [0.25, 0.3) is 0 Å². The number of esters is 1. The highest BCUT2D eigenvalue weighted by molar-refractivity contribution is 5.99. The molecule has 0 aliphatic carbocycles. The van der Waals surface area contributed by atoms with Crippen LogP contribution in [0.15, 0.2) is 48.7 Å². The van der Waals surface area contributed by atoms with E-state index in [0.29, 0.717) is 6.61 Å². The minimum atomic E-state index is -0.933. The van der Waals surface area contributed by atoms with Gasteiger partial charge >= 0.3 is 5.97 Å². The Morgan fingerprint density at radius 3 is 2.54 bits per heavy atom. The third kappa shape index (κ3) is 4.10. The Balaban J connectivity index is 2.07. The van der Waals surface area contributed by atoms with Crippen molar-refractivity contribution in [2.24, 2.45) is 0 Å². The zero-order chi connectivity index (χ0) is 17.5. The molecule has 2 rings (SSSR count). The number of rotatable bonds is 6. The van der Waals surface area contributed by atoms with Crippen molar-refractivity contribution in [3.8, 4) is 5.88 Å². The van der Waals surface area contributed by atoms with Crippen LogP contribution in [0.5, 0.6) is 5.88 Å². The summed E-state index contributed by atoms with van der Waals surface area (Å²) in [5, 5.41) is 0. The summed E-state index contributed by atoms with van der Waals surface area (Å²) in [6.07, 6.45) is 0.594. The fourth-order valence-corrected chi connectivity index (χ4v) is 2.12. The van der Waals surface area contributed by atoms with E-state index in [1.807, 2.05) is 18.2 Å². The number of hydrogen-bond acceptors (Lipinski definition) is 5. The van der Waals surface area contributed by atoms with Crippen LogP contribution < -0.4 is 9.64 Å². The van der Waals surface area contributed by atoms with Gasteiger partial charge in [-0.2, -0.15) is 0 Å². The molecule has 0 saturated heterocycles. The van der Waals surface area contributed by atoms with Crippen LogP contribution in [0.2, 0.25) is 0 Å². The molecule has 6 nitrogen and oxygen atoms in total. The number of pyridine rings is 1. The van der Waals surface area contributed by atoms with Crippen LogP contribution >= 0.6 is 0 Å². The third-order valence-electron chi connectivity index (χ3n) is 3.38. The Bertz CT molecular complexity index is 703. The highest BCUT2D eigenvalue weighted by atomic mass is 16.6. The third-order valence-corrected chi connectivity index (χ3v) is 3.38. The first-order valence-electron chi connectivity index (χ1n) is 7.66. The lowest BCUT2D eigenvalue weighted by Gasteiger charge is -2.21. The van der Waals surface area contributed by atoms with E-state index >= 15 is 0 Å². The van der Waals surface area contributed by atoms with Gasteiger partial charge in [-0.05, 0) is 38.1 Å². The fraction of sp³-hybridized carbons (Fsp3) is 0.278. The monoisotopic (exact) mass is 328 g/mol. The predicted molar refractivity (Wildman–Crippen MR) is 90.1 cm³/mol. The van der Waals surface area contributed by atoms with Crippen LogP contribution in [0.1, 0.15) is 24.2 Å². The van der Waals surface area contributed by atoms with Gasteiger partial charge in [-0.15, -0.1) is 0 Å². The highest BCUT2D eigenvalue weighted by Crippen LogP contribution is 2.18. The summed E-state index contributed by atoms with van der Waals surface area (Å²) in [4.78, 5) is 30.2. The summed E-state index contributed by atoms with van der Waals surface area (Å²) in [5.74, 6) is -0.772. The molecule has 0 spiro atoms. The van der Waals surface area contributed by atoms with Gasteiger partial charge in [0.25, 0.3) is 5.91 Å². The van der Waals surface area contributed by atoms with Crippen LogP contribution in [-0.2, 0) is 9.53 Å². The largest absolute Gasteiger partial charge is 0.477 e. The molecule has 2 aromatic rings. The van der Waals surface area contributed by atoms with E-state index in [1.165, 1.54) is 18.0 Å². The fourth-order valence-electron chi connectivity index (χ4n) is 2.12. The lowest BCUT2D eigenvalue weighted by Crippen LogP contribution is -2.37. The topological polar surface area (TPSA) is 68.7 Å². The normalized spacial score (nSPS) is 11.5. The van der Waals surface area contributed by atoms with Gasteiger partial charge in [0.2, 0.25) is 5.88 Å².